The summed E-state index contributed by atoms with van der Waals surface area (Å²) in [6, 6.07) is 0. The Kier molecular flexibility index (Phi) is 8.83. The third kappa shape index (κ3) is 6.17. The number of Topliss-reactive ketones (excluding diaryl/α,β-unsaturated/α-hetero) is 2. The van der Waals surface area contributed by atoms with Crippen molar-refractivity contribution in [1.82, 2.24) is 0 Å². The summed E-state index contributed by atoms with van der Waals surface area (Å²) in [5.74, 6) is -0.125. The van der Waals surface area contributed by atoms with Gasteiger partial charge in [-0.05, 0) is 12.8 Å². The smallest absolute Gasteiger partial charge is 0.229 e. The Balaban J connectivity index is 4.23. The molecule has 0 aromatic rings. The summed E-state index contributed by atoms with van der Waals surface area (Å²) in [6.07, 6.45) is 2.59. The fourth-order valence-electron chi connectivity index (χ4n) is 1.37. The van der Waals surface area contributed by atoms with Gasteiger partial charge in [0.05, 0.1) is 0 Å². The Hall–Kier alpha value is -0.120. The van der Waals surface area contributed by atoms with Crippen molar-refractivity contribution in [3.63, 3.8) is 0 Å². The molecule has 0 N–H and O–H groups in total. The van der Waals surface area contributed by atoms with Crippen molar-refractivity contribution in [2.24, 2.45) is 0 Å². The minimum absolute atomic E-state index is 0.0461. The molecule has 0 heterocycles. The van der Waals surface area contributed by atoms with E-state index in [2.05, 4.69) is 0 Å². The second-order valence-electron chi connectivity index (χ2n) is 4.02. The van der Waals surface area contributed by atoms with Gasteiger partial charge in [0, 0.05) is 30.5 Å². The van der Waals surface area contributed by atoms with Crippen molar-refractivity contribution >= 4 is 52.7 Å². The van der Waals surface area contributed by atoms with E-state index >= 15 is 0 Å². The number of carbonyl (C=O) groups is 2. The van der Waals surface area contributed by atoms with E-state index < -0.39 is 16.0 Å². The zero-order valence-corrected chi connectivity index (χ0v) is 12.4. The molecule has 0 fully saturated rings. The van der Waals surface area contributed by atoms with Gasteiger partial charge < -0.3 is 0 Å². The lowest BCUT2D eigenvalue weighted by atomic mass is 9.96. The molecule has 0 saturated carbocycles. The normalized spacial score (nSPS) is 15.8. The van der Waals surface area contributed by atoms with Crippen LogP contribution >= 0.6 is 34.8 Å². The first-order valence-electron chi connectivity index (χ1n) is 5.72. The van der Waals surface area contributed by atoms with Crippen LogP contribution in [0.4, 0.5) is 0 Å². The van der Waals surface area contributed by atoms with E-state index in [-0.39, 0.29) is 25.0 Å². The van der Waals surface area contributed by atoms with E-state index in [1.165, 1.54) is 6.29 Å². The van der Waals surface area contributed by atoms with Crippen molar-refractivity contribution in [1.29, 1.82) is 0 Å². The average Bonchev–Trinajstić information content (AvgIpc) is 2.34. The van der Waals surface area contributed by atoms with Gasteiger partial charge in [-0.2, -0.15) is 0 Å². The Labute approximate surface area is 122 Å². The number of alkyl halides is 3. The van der Waals surface area contributed by atoms with E-state index in [0.717, 1.165) is 0 Å². The lowest BCUT2D eigenvalue weighted by molar-refractivity contribution is -0.120. The predicted molar refractivity (Wildman–Crippen MR) is 73.4 cm³/mol. The first kappa shape index (κ1) is 17.9. The summed E-state index contributed by atoms with van der Waals surface area (Å²) in [4.78, 5) is 32.1. The van der Waals surface area contributed by atoms with Crippen LogP contribution in [0.2, 0.25) is 0 Å². The second-order valence-corrected chi connectivity index (χ2v) is 5.66. The largest absolute Gasteiger partial charge is 0.300 e. The van der Waals surface area contributed by atoms with Crippen LogP contribution in [0.1, 0.15) is 39.0 Å². The summed E-state index contributed by atoms with van der Waals surface area (Å²) in [5.41, 5.74) is 0. The van der Waals surface area contributed by atoms with Crippen molar-refractivity contribution in [2.45, 2.75) is 49.3 Å². The van der Waals surface area contributed by atoms with Gasteiger partial charge in [0.1, 0.15) is 5.78 Å². The third-order valence-electron chi connectivity index (χ3n) is 2.54. The lowest BCUT2D eigenvalue weighted by Gasteiger charge is -2.17. The van der Waals surface area contributed by atoms with E-state index in [0.29, 0.717) is 18.7 Å². The van der Waals surface area contributed by atoms with Crippen molar-refractivity contribution in [2.75, 3.05) is 5.88 Å². The third-order valence-corrected chi connectivity index (χ3v) is 3.67. The highest BCUT2D eigenvalue weighted by atomic mass is 35.5. The zero-order chi connectivity index (χ0) is 14.2. The highest BCUT2D eigenvalue weighted by Gasteiger charge is 2.35. The molecule has 1 radical (unpaired) electrons. The van der Waals surface area contributed by atoms with Crippen LogP contribution in [0, 0.1) is 0 Å². The number of ketones is 2. The molecule has 0 spiro atoms. The van der Waals surface area contributed by atoms with Crippen LogP contribution in [0.5, 0.6) is 0 Å². The monoisotopic (exact) mass is 313 g/mol. The summed E-state index contributed by atoms with van der Waals surface area (Å²) in [6.45, 7) is 1.62. The minimum atomic E-state index is -1.63. The van der Waals surface area contributed by atoms with Crippen molar-refractivity contribution in [3.05, 3.63) is 0 Å². The predicted octanol–water partition coefficient (Wildman–Crippen LogP) is 3.03. The fraction of sp³-hybridized carbons (Fsp3) is 0.750. The van der Waals surface area contributed by atoms with Crippen LogP contribution < -0.4 is 0 Å². The Bertz CT molecular complexity index is 307. The first-order valence-corrected chi connectivity index (χ1v) is 7.07. The van der Waals surface area contributed by atoms with E-state index in [1.807, 2.05) is 0 Å². The SMILES string of the molecule is CCC(Cl)([C]=O)C(=O)CC(Cl)CC(=O)CCCCl. The summed E-state index contributed by atoms with van der Waals surface area (Å²) in [5, 5.41) is -0.640. The molecule has 0 aromatic heterocycles. The standard InChI is InChI=1S/C12H16Cl3O3/c1-2-12(15,8-16)11(18)7-9(14)6-10(17)4-3-5-13/h9H,2-7H2,1H3. The van der Waals surface area contributed by atoms with Crippen molar-refractivity contribution in [3.8, 4) is 0 Å². The van der Waals surface area contributed by atoms with E-state index in [9.17, 15) is 14.4 Å². The number of halogens is 3. The molecule has 0 amide bonds. The number of carbonyl (C=O) groups excluding carboxylic acids is 3. The molecule has 0 aromatic carbocycles. The first-order chi connectivity index (χ1) is 8.39. The highest BCUT2D eigenvalue weighted by molar-refractivity contribution is 6.44. The lowest BCUT2D eigenvalue weighted by Crippen LogP contribution is -2.35. The van der Waals surface area contributed by atoms with Crippen LogP contribution in [-0.2, 0) is 14.4 Å². The van der Waals surface area contributed by atoms with Gasteiger partial charge in [-0.15, -0.1) is 34.8 Å². The Morgan fingerprint density at radius 2 is 1.94 bits per heavy atom. The molecule has 18 heavy (non-hydrogen) atoms. The fourth-order valence-corrected chi connectivity index (χ4v) is 1.90. The van der Waals surface area contributed by atoms with Crippen LogP contribution in [0.3, 0.4) is 0 Å². The van der Waals surface area contributed by atoms with E-state index in [1.54, 1.807) is 6.92 Å². The van der Waals surface area contributed by atoms with Crippen LogP contribution in [0.15, 0.2) is 0 Å². The zero-order valence-electron chi connectivity index (χ0n) is 10.2. The van der Waals surface area contributed by atoms with E-state index in [4.69, 9.17) is 34.8 Å². The molecule has 0 bridgehead atoms. The maximum Gasteiger partial charge on any atom is 0.229 e. The molecule has 0 aliphatic carbocycles. The Morgan fingerprint density at radius 1 is 1.33 bits per heavy atom. The molecular formula is C12H16Cl3O3. The average molecular weight is 315 g/mol. The maximum absolute atomic E-state index is 11.7. The van der Waals surface area contributed by atoms with Gasteiger partial charge in [0.25, 0.3) is 0 Å². The molecule has 103 valence electrons. The Morgan fingerprint density at radius 3 is 2.39 bits per heavy atom. The van der Waals surface area contributed by atoms with Gasteiger partial charge in [-0.1, -0.05) is 6.92 Å². The maximum atomic E-state index is 11.7. The molecule has 0 aliphatic rings. The molecule has 0 rings (SSSR count). The summed E-state index contributed by atoms with van der Waals surface area (Å²) >= 11 is 17.2. The van der Waals surface area contributed by atoms with Gasteiger partial charge in [-0.25, -0.2) is 0 Å². The molecular weight excluding hydrogens is 298 g/mol. The topological polar surface area (TPSA) is 51.2 Å². The molecule has 0 aliphatic heterocycles. The highest BCUT2D eigenvalue weighted by Crippen LogP contribution is 2.23. The molecule has 2 atom stereocenters. The number of hydrogen-bond acceptors (Lipinski definition) is 3. The van der Waals surface area contributed by atoms with Gasteiger partial charge >= 0.3 is 0 Å². The molecule has 6 heteroatoms. The van der Waals surface area contributed by atoms with Crippen molar-refractivity contribution < 1.29 is 14.4 Å². The van der Waals surface area contributed by atoms with Gasteiger partial charge in [0.2, 0.25) is 6.29 Å². The van der Waals surface area contributed by atoms with Crippen LogP contribution in [-0.4, -0.2) is 34.0 Å². The summed E-state index contributed by atoms with van der Waals surface area (Å²) < 4.78 is 0. The molecule has 3 nitrogen and oxygen atoms in total. The molecule has 0 saturated heterocycles. The number of rotatable bonds is 10. The van der Waals surface area contributed by atoms with Gasteiger partial charge in [0.15, 0.2) is 10.7 Å². The molecule has 2 unspecified atom stereocenters. The van der Waals surface area contributed by atoms with Crippen LogP contribution in [0.25, 0.3) is 0 Å². The summed E-state index contributed by atoms with van der Waals surface area (Å²) in [7, 11) is 0. The van der Waals surface area contributed by atoms with Gasteiger partial charge in [-0.3, -0.25) is 14.4 Å². The number of hydrogen-bond donors (Lipinski definition) is 0. The second kappa shape index (κ2) is 8.89. The minimum Gasteiger partial charge on any atom is -0.300 e. The quantitative estimate of drug-likeness (QED) is 0.460.